The number of carbonyl (C=O) groups excluding carboxylic acids is 1. The summed E-state index contributed by atoms with van der Waals surface area (Å²) in [7, 11) is 1.59. The molecule has 1 N–H and O–H groups in total. The Bertz CT molecular complexity index is 1500. The quantitative estimate of drug-likeness (QED) is 0.419. The summed E-state index contributed by atoms with van der Waals surface area (Å²) in [6.07, 6.45) is 1.69. The van der Waals surface area contributed by atoms with Gasteiger partial charge in [-0.25, -0.2) is 4.98 Å². The highest BCUT2D eigenvalue weighted by atomic mass is 16.5. The third-order valence-corrected chi connectivity index (χ3v) is 5.38. The van der Waals surface area contributed by atoms with E-state index in [-0.39, 0.29) is 5.91 Å². The molecule has 1 amide bonds. The average Bonchev–Trinajstić information content (AvgIpc) is 3.34. The Morgan fingerprint density at radius 3 is 2.72 bits per heavy atom. The number of nitrogens with one attached hydrogen (secondary N) is 1. The molecule has 0 bridgehead atoms. The Morgan fingerprint density at radius 2 is 1.97 bits per heavy atom. The standard InChI is InChI=1S/C24H20N4O4/c1-12-10-16(14(3)31-12)19-11-17(21-13(2)28-32-24(21)27-19)23(29)26-18-7-8-20(30-4)22-15(18)6-5-9-25-22/h5-11H,1-4H3,(H,26,29). The molecule has 0 aliphatic carbocycles. The Labute approximate surface area is 183 Å². The molecule has 0 spiro atoms. The van der Waals surface area contributed by atoms with Crippen molar-refractivity contribution in [3.63, 3.8) is 0 Å². The number of ether oxygens (including phenoxy) is 1. The van der Waals surface area contributed by atoms with Crippen LogP contribution in [0.5, 0.6) is 5.75 Å². The fourth-order valence-electron chi connectivity index (χ4n) is 3.91. The van der Waals surface area contributed by atoms with Crippen molar-refractivity contribution in [1.82, 2.24) is 15.1 Å². The van der Waals surface area contributed by atoms with Gasteiger partial charge in [-0.2, -0.15) is 0 Å². The number of aryl methyl sites for hydroxylation is 3. The van der Waals surface area contributed by atoms with Crippen LogP contribution in [0.15, 0.2) is 51.5 Å². The van der Waals surface area contributed by atoms with Gasteiger partial charge in [-0.15, -0.1) is 0 Å². The first-order valence-corrected chi connectivity index (χ1v) is 10.0. The van der Waals surface area contributed by atoms with Gasteiger partial charge in [0.25, 0.3) is 11.6 Å². The fourth-order valence-corrected chi connectivity index (χ4v) is 3.91. The van der Waals surface area contributed by atoms with Gasteiger partial charge in [0, 0.05) is 17.1 Å². The van der Waals surface area contributed by atoms with E-state index >= 15 is 0 Å². The molecule has 0 aliphatic heterocycles. The van der Waals surface area contributed by atoms with Crippen LogP contribution in [0, 0.1) is 20.8 Å². The number of pyridine rings is 2. The Hall–Kier alpha value is -4.20. The van der Waals surface area contributed by atoms with Gasteiger partial charge in [0.05, 0.1) is 35.1 Å². The van der Waals surface area contributed by atoms with Gasteiger partial charge in [-0.05, 0) is 57.2 Å². The minimum Gasteiger partial charge on any atom is -0.494 e. The molecule has 1 aromatic carbocycles. The summed E-state index contributed by atoms with van der Waals surface area (Å²) in [4.78, 5) is 22.4. The van der Waals surface area contributed by atoms with Crippen LogP contribution in [0.2, 0.25) is 0 Å². The van der Waals surface area contributed by atoms with Crippen molar-refractivity contribution in [2.24, 2.45) is 0 Å². The fraction of sp³-hybridized carbons (Fsp3) is 0.167. The highest BCUT2D eigenvalue weighted by Gasteiger charge is 2.22. The van der Waals surface area contributed by atoms with Crippen LogP contribution < -0.4 is 10.1 Å². The number of furan rings is 1. The first kappa shape index (κ1) is 19.7. The Kier molecular flexibility index (Phi) is 4.62. The molecule has 0 unspecified atom stereocenters. The molecule has 4 aromatic heterocycles. The number of fused-ring (bicyclic) bond motifs is 2. The number of methoxy groups -OCH3 is 1. The lowest BCUT2D eigenvalue weighted by atomic mass is 10.0. The Morgan fingerprint density at radius 1 is 1.12 bits per heavy atom. The number of hydrogen-bond acceptors (Lipinski definition) is 7. The average molecular weight is 428 g/mol. The van der Waals surface area contributed by atoms with Crippen LogP contribution in [0.4, 0.5) is 5.69 Å². The second kappa shape index (κ2) is 7.49. The molecule has 8 nitrogen and oxygen atoms in total. The number of carbonyl (C=O) groups is 1. The topological polar surface area (TPSA) is 103 Å². The number of amides is 1. The number of nitrogens with zero attached hydrogens (tertiary/aromatic N) is 3. The molecule has 0 saturated carbocycles. The number of anilines is 1. The van der Waals surface area contributed by atoms with Crippen molar-refractivity contribution in [1.29, 1.82) is 0 Å². The largest absolute Gasteiger partial charge is 0.494 e. The highest BCUT2D eigenvalue weighted by molar-refractivity contribution is 6.15. The molecule has 0 fully saturated rings. The number of rotatable bonds is 4. The van der Waals surface area contributed by atoms with E-state index in [0.29, 0.717) is 50.8 Å². The van der Waals surface area contributed by atoms with Crippen LogP contribution in [0.1, 0.15) is 27.6 Å². The van der Waals surface area contributed by atoms with Crippen LogP contribution in [-0.2, 0) is 0 Å². The van der Waals surface area contributed by atoms with Gasteiger partial charge in [0.2, 0.25) is 0 Å². The van der Waals surface area contributed by atoms with Gasteiger partial charge >= 0.3 is 0 Å². The van der Waals surface area contributed by atoms with Gasteiger partial charge < -0.3 is 19.0 Å². The maximum absolute atomic E-state index is 13.5. The van der Waals surface area contributed by atoms with Crippen molar-refractivity contribution in [2.75, 3.05) is 12.4 Å². The first-order chi connectivity index (χ1) is 15.5. The number of aromatic nitrogens is 3. The van der Waals surface area contributed by atoms with E-state index in [2.05, 4.69) is 20.4 Å². The Balaban J connectivity index is 1.63. The maximum Gasteiger partial charge on any atom is 0.259 e. The van der Waals surface area contributed by atoms with E-state index < -0.39 is 0 Å². The molecular weight excluding hydrogens is 408 g/mol. The third-order valence-electron chi connectivity index (χ3n) is 5.38. The highest BCUT2D eigenvalue weighted by Crippen LogP contribution is 2.33. The molecule has 160 valence electrons. The van der Waals surface area contributed by atoms with Gasteiger partial charge in [0.1, 0.15) is 22.8 Å². The monoisotopic (exact) mass is 428 g/mol. The SMILES string of the molecule is COc1ccc(NC(=O)c2cc(-c3cc(C)oc3C)nc3onc(C)c23)c2cccnc12. The minimum absolute atomic E-state index is 0.296. The lowest BCUT2D eigenvalue weighted by molar-refractivity contribution is 0.102. The van der Waals surface area contributed by atoms with Crippen LogP contribution >= 0.6 is 0 Å². The molecule has 5 rings (SSSR count). The molecule has 0 atom stereocenters. The van der Waals surface area contributed by atoms with E-state index in [1.54, 1.807) is 38.4 Å². The van der Waals surface area contributed by atoms with Crippen LogP contribution in [0.3, 0.4) is 0 Å². The summed E-state index contributed by atoms with van der Waals surface area (Å²) in [6.45, 7) is 5.50. The predicted octanol–water partition coefficient (Wildman–Crippen LogP) is 5.22. The second-order valence-corrected chi connectivity index (χ2v) is 7.50. The van der Waals surface area contributed by atoms with Gasteiger partial charge in [-0.3, -0.25) is 9.78 Å². The second-order valence-electron chi connectivity index (χ2n) is 7.50. The summed E-state index contributed by atoms with van der Waals surface area (Å²) in [5, 5.41) is 8.36. The zero-order valence-electron chi connectivity index (χ0n) is 18.0. The van der Waals surface area contributed by atoms with Crippen LogP contribution in [-0.4, -0.2) is 28.1 Å². The minimum atomic E-state index is -0.307. The van der Waals surface area contributed by atoms with Crippen molar-refractivity contribution in [3.8, 4) is 17.0 Å². The van der Waals surface area contributed by atoms with Crippen molar-refractivity contribution < 1.29 is 18.5 Å². The summed E-state index contributed by atoms with van der Waals surface area (Å²) in [5.74, 6) is 1.80. The molecule has 0 saturated heterocycles. The summed E-state index contributed by atoms with van der Waals surface area (Å²) in [6, 6.07) is 10.9. The van der Waals surface area contributed by atoms with E-state index in [0.717, 1.165) is 16.7 Å². The number of hydrogen-bond donors (Lipinski definition) is 1. The molecule has 32 heavy (non-hydrogen) atoms. The van der Waals surface area contributed by atoms with Gasteiger partial charge in [-0.1, -0.05) is 5.16 Å². The molecular formula is C24H20N4O4. The van der Waals surface area contributed by atoms with E-state index in [4.69, 9.17) is 13.7 Å². The molecule has 0 aliphatic rings. The first-order valence-electron chi connectivity index (χ1n) is 10.0. The molecule has 0 radical (unpaired) electrons. The van der Waals surface area contributed by atoms with Crippen molar-refractivity contribution >= 4 is 33.6 Å². The van der Waals surface area contributed by atoms with Crippen molar-refractivity contribution in [3.05, 3.63) is 65.4 Å². The van der Waals surface area contributed by atoms with Crippen LogP contribution in [0.25, 0.3) is 33.3 Å². The number of benzene rings is 1. The predicted molar refractivity (Wildman–Crippen MR) is 120 cm³/mol. The van der Waals surface area contributed by atoms with E-state index in [9.17, 15) is 4.79 Å². The maximum atomic E-state index is 13.5. The lowest BCUT2D eigenvalue weighted by Gasteiger charge is -2.12. The van der Waals surface area contributed by atoms with E-state index in [1.165, 1.54) is 0 Å². The lowest BCUT2D eigenvalue weighted by Crippen LogP contribution is -2.13. The molecule has 4 heterocycles. The third kappa shape index (κ3) is 3.17. The molecule has 5 aromatic rings. The molecule has 8 heteroatoms. The normalized spacial score (nSPS) is 11.2. The summed E-state index contributed by atoms with van der Waals surface area (Å²) in [5.41, 5.74) is 3.96. The van der Waals surface area contributed by atoms with E-state index in [1.807, 2.05) is 32.0 Å². The van der Waals surface area contributed by atoms with Gasteiger partial charge in [0.15, 0.2) is 0 Å². The van der Waals surface area contributed by atoms with Crippen molar-refractivity contribution in [2.45, 2.75) is 20.8 Å². The zero-order valence-corrected chi connectivity index (χ0v) is 18.0. The summed E-state index contributed by atoms with van der Waals surface area (Å²) >= 11 is 0. The zero-order chi connectivity index (χ0) is 22.4. The smallest absolute Gasteiger partial charge is 0.259 e. The summed E-state index contributed by atoms with van der Waals surface area (Å²) < 4.78 is 16.4.